The van der Waals surface area contributed by atoms with Crippen molar-refractivity contribution < 1.29 is 37.7 Å². The molecule has 0 saturated carbocycles. The third kappa shape index (κ3) is 4.98. The first-order valence-corrected chi connectivity index (χ1v) is 7.45. The van der Waals surface area contributed by atoms with Crippen LogP contribution < -0.4 is 4.74 Å². The van der Waals surface area contributed by atoms with E-state index in [1.807, 2.05) is 6.07 Å². The van der Waals surface area contributed by atoms with E-state index in [-0.39, 0.29) is 22.6 Å². The van der Waals surface area contributed by atoms with E-state index in [2.05, 4.69) is 0 Å². The molecule has 0 aliphatic carbocycles. The van der Waals surface area contributed by atoms with Gasteiger partial charge >= 0.3 is 18.1 Å². The zero-order valence-corrected chi connectivity index (χ0v) is 13.5. The summed E-state index contributed by atoms with van der Waals surface area (Å²) in [4.78, 5) is 22.2. The Balaban J connectivity index is 2.48. The lowest BCUT2D eigenvalue weighted by molar-refractivity contribution is -0.154. The summed E-state index contributed by atoms with van der Waals surface area (Å²) in [7, 11) is 0. The van der Waals surface area contributed by atoms with Crippen LogP contribution in [0.5, 0.6) is 11.5 Å². The standard InChI is InChI=1S/C18H12F3NO5/c19-18(20,21)12-5-4-11(7-14(16(23)24)17(25)26)15(8-12)27-13-3-1-2-10(6-13)9-22/h1-6,8,14H,7H2,(H,23,24)(H,25,26). The fourth-order valence-electron chi connectivity index (χ4n) is 2.25. The molecule has 0 bridgehead atoms. The molecule has 0 aliphatic rings. The average molecular weight is 379 g/mol. The molecule has 0 fully saturated rings. The Morgan fingerprint density at radius 1 is 1.11 bits per heavy atom. The van der Waals surface area contributed by atoms with Gasteiger partial charge in [0, 0.05) is 0 Å². The fourth-order valence-corrected chi connectivity index (χ4v) is 2.25. The number of halogens is 3. The average Bonchev–Trinajstić information content (AvgIpc) is 2.59. The van der Waals surface area contributed by atoms with Gasteiger partial charge in [0.2, 0.25) is 0 Å². The van der Waals surface area contributed by atoms with E-state index in [0.29, 0.717) is 12.1 Å². The minimum absolute atomic E-state index is 0.0276. The number of nitriles is 1. The van der Waals surface area contributed by atoms with Gasteiger partial charge in [0.25, 0.3) is 0 Å². The number of ether oxygens (including phenoxy) is 1. The normalized spacial score (nSPS) is 11.1. The van der Waals surface area contributed by atoms with Crippen LogP contribution in [-0.2, 0) is 22.2 Å². The minimum Gasteiger partial charge on any atom is -0.481 e. The topological polar surface area (TPSA) is 108 Å². The van der Waals surface area contributed by atoms with E-state index in [9.17, 15) is 22.8 Å². The molecular weight excluding hydrogens is 367 g/mol. The summed E-state index contributed by atoms with van der Waals surface area (Å²) in [5, 5.41) is 26.9. The molecule has 2 aromatic rings. The van der Waals surface area contributed by atoms with Crippen LogP contribution in [-0.4, -0.2) is 22.2 Å². The Bertz CT molecular complexity index is 904. The van der Waals surface area contributed by atoms with Gasteiger partial charge in [0.05, 0.1) is 17.2 Å². The van der Waals surface area contributed by atoms with E-state index >= 15 is 0 Å². The summed E-state index contributed by atoms with van der Waals surface area (Å²) >= 11 is 0. The smallest absolute Gasteiger partial charge is 0.416 e. The maximum Gasteiger partial charge on any atom is 0.416 e. The third-order valence-electron chi connectivity index (χ3n) is 3.61. The maximum atomic E-state index is 13.0. The second-order valence-corrected chi connectivity index (χ2v) is 5.50. The highest BCUT2D eigenvalue weighted by Gasteiger charge is 2.33. The number of nitrogens with zero attached hydrogens (tertiary/aromatic N) is 1. The third-order valence-corrected chi connectivity index (χ3v) is 3.61. The maximum absolute atomic E-state index is 13.0. The second kappa shape index (κ2) is 7.78. The van der Waals surface area contributed by atoms with Crippen molar-refractivity contribution in [2.45, 2.75) is 12.6 Å². The van der Waals surface area contributed by atoms with Crippen molar-refractivity contribution in [3.05, 3.63) is 59.2 Å². The van der Waals surface area contributed by atoms with Gasteiger partial charge in [-0.25, -0.2) is 0 Å². The van der Waals surface area contributed by atoms with Crippen molar-refractivity contribution in [3.8, 4) is 17.6 Å². The Labute approximate surface area is 151 Å². The van der Waals surface area contributed by atoms with Crippen molar-refractivity contribution in [1.29, 1.82) is 5.26 Å². The number of benzene rings is 2. The van der Waals surface area contributed by atoms with Crippen molar-refractivity contribution in [3.63, 3.8) is 0 Å². The summed E-state index contributed by atoms with van der Waals surface area (Å²) in [6.45, 7) is 0. The molecule has 27 heavy (non-hydrogen) atoms. The van der Waals surface area contributed by atoms with Crippen LogP contribution in [0.25, 0.3) is 0 Å². The van der Waals surface area contributed by atoms with Crippen LogP contribution in [0.2, 0.25) is 0 Å². The number of aliphatic carboxylic acids is 2. The Kier molecular flexibility index (Phi) is 5.70. The van der Waals surface area contributed by atoms with Gasteiger partial charge in [-0.05, 0) is 42.3 Å². The van der Waals surface area contributed by atoms with Gasteiger partial charge in [0.15, 0.2) is 5.92 Å². The zero-order chi connectivity index (χ0) is 20.2. The summed E-state index contributed by atoms with van der Waals surface area (Å²) in [6, 6.07) is 9.81. The number of rotatable bonds is 6. The zero-order valence-electron chi connectivity index (χ0n) is 13.5. The molecule has 0 amide bonds. The number of carboxylic acid groups (broad SMARTS) is 2. The molecule has 0 spiro atoms. The van der Waals surface area contributed by atoms with Gasteiger partial charge in [0.1, 0.15) is 11.5 Å². The van der Waals surface area contributed by atoms with Crippen LogP contribution >= 0.6 is 0 Å². The highest BCUT2D eigenvalue weighted by Crippen LogP contribution is 2.36. The fraction of sp³-hybridized carbons (Fsp3) is 0.167. The van der Waals surface area contributed by atoms with E-state index in [0.717, 1.165) is 6.07 Å². The van der Waals surface area contributed by atoms with Crippen LogP contribution in [0, 0.1) is 17.2 Å². The van der Waals surface area contributed by atoms with Crippen molar-refractivity contribution in [2.75, 3.05) is 0 Å². The number of carbonyl (C=O) groups is 2. The lowest BCUT2D eigenvalue weighted by atomic mass is 9.97. The van der Waals surface area contributed by atoms with E-state index in [1.165, 1.54) is 24.3 Å². The molecular formula is C18H12F3NO5. The summed E-state index contributed by atoms with van der Waals surface area (Å²) in [6.07, 6.45) is -5.25. The van der Waals surface area contributed by atoms with Gasteiger partial charge in [-0.15, -0.1) is 0 Å². The predicted molar refractivity (Wildman–Crippen MR) is 85.1 cm³/mol. The van der Waals surface area contributed by atoms with Gasteiger partial charge < -0.3 is 14.9 Å². The van der Waals surface area contributed by atoms with Crippen LogP contribution in [0.15, 0.2) is 42.5 Å². The molecule has 0 atom stereocenters. The monoisotopic (exact) mass is 379 g/mol. The van der Waals surface area contributed by atoms with Crippen molar-refractivity contribution in [2.24, 2.45) is 5.92 Å². The number of carboxylic acids is 2. The lowest BCUT2D eigenvalue weighted by Crippen LogP contribution is -2.25. The quantitative estimate of drug-likeness (QED) is 0.741. The Hall–Kier alpha value is -3.54. The first-order valence-electron chi connectivity index (χ1n) is 7.45. The molecule has 0 unspecified atom stereocenters. The van der Waals surface area contributed by atoms with Crippen molar-refractivity contribution in [1.82, 2.24) is 0 Å². The number of hydrogen-bond donors (Lipinski definition) is 2. The molecule has 0 aromatic heterocycles. The van der Waals surface area contributed by atoms with E-state index in [4.69, 9.17) is 20.2 Å². The van der Waals surface area contributed by atoms with E-state index in [1.54, 1.807) is 0 Å². The highest BCUT2D eigenvalue weighted by atomic mass is 19.4. The molecule has 0 radical (unpaired) electrons. The van der Waals surface area contributed by atoms with Crippen LogP contribution in [0.4, 0.5) is 13.2 Å². The lowest BCUT2D eigenvalue weighted by Gasteiger charge is -2.16. The summed E-state index contributed by atoms with van der Waals surface area (Å²) < 4.78 is 44.4. The van der Waals surface area contributed by atoms with Crippen LogP contribution in [0.1, 0.15) is 16.7 Å². The molecule has 6 nitrogen and oxygen atoms in total. The number of hydrogen-bond acceptors (Lipinski definition) is 4. The Morgan fingerprint density at radius 2 is 1.78 bits per heavy atom. The molecule has 2 aromatic carbocycles. The molecule has 2 rings (SSSR count). The first-order chi connectivity index (χ1) is 12.6. The SMILES string of the molecule is N#Cc1cccc(Oc2cc(C(F)(F)F)ccc2CC(C(=O)O)C(=O)O)c1. The second-order valence-electron chi connectivity index (χ2n) is 5.50. The van der Waals surface area contributed by atoms with Crippen LogP contribution in [0.3, 0.4) is 0 Å². The summed E-state index contributed by atoms with van der Waals surface area (Å²) in [5.74, 6) is -5.39. The molecule has 140 valence electrons. The summed E-state index contributed by atoms with van der Waals surface area (Å²) in [5.41, 5.74) is -0.866. The number of alkyl halides is 3. The minimum atomic E-state index is -4.68. The molecule has 0 saturated heterocycles. The van der Waals surface area contributed by atoms with Crippen molar-refractivity contribution >= 4 is 11.9 Å². The molecule has 2 N–H and O–H groups in total. The predicted octanol–water partition coefficient (Wildman–Crippen LogP) is 3.70. The molecule has 0 aliphatic heterocycles. The van der Waals surface area contributed by atoms with Gasteiger partial charge in [-0.1, -0.05) is 12.1 Å². The highest BCUT2D eigenvalue weighted by molar-refractivity contribution is 5.93. The van der Waals surface area contributed by atoms with E-state index < -0.39 is 36.0 Å². The first kappa shape index (κ1) is 19.8. The Morgan fingerprint density at radius 3 is 2.33 bits per heavy atom. The van der Waals surface area contributed by atoms with Gasteiger partial charge in [-0.2, -0.15) is 18.4 Å². The largest absolute Gasteiger partial charge is 0.481 e. The molecule has 9 heteroatoms. The van der Waals surface area contributed by atoms with Gasteiger partial charge in [-0.3, -0.25) is 9.59 Å². The molecule has 0 heterocycles.